The molecule has 0 bridgehead atoms. The Morgan fingerprint density at radius 2 is 2.00 bits per heavy atom. The third-order valence-corrected chi connectivity index (χ3v) is 3.65. The summed E-state index contributed by atoms with van der Waals surface area (Å²) in [5.41, 5.74) is 1.37. The molecule has 2 aliphatic carbocycles. The molecule has 2 saturated carbocycles. The summed E-state index contributed by atoms with van der Waals surface area (Å²) in [4.78, 5) is 10.9. The lowest BCUT2D eigenvalue weighted by molar-refractivity contribution is 0.0689. The summed E-state index contributed by atoms with van der Waals surface area (Å²) in [6.07, 6.45) is 7.18. The van der Waals surface area contributed by atoms with E-state index < -0.39 is 5.97 Å². The Hall–Kier alpha value is -1.32. The minimum Gasteiger partial charge on any atom is -0.476 e. The van der Waals surface area contributed by atoms with Crippen molar-refractivity contribution >= 4 is 5.97 Å². The number of hydrogen-bond acceptors (Lipinski definition) is 2. The maximum atomic E-state index is 10.9. The van der Waals surface area contributed by atoms with E-state index in [9.17, 15) is 4.79 Å². The summed E-state index contributed by atoms with van der Waals surface area (Å²) in [5, 5.41) is 13.3. The van der Waals surface area contributed by atoms with Gasteiger partial charge in [-0.1, -0.05) is 12.8 Å². The van der Waals surface area contributed by atoms with E-state index in [0.717, 1.165) is 18.5 Å². The Kier molecular flexibility index (Phi) is 2.23. The van der Waals surface area contributed by atoms with Crippen molar-refractivity contribution in [3.05, 3.63) is 17.5 Å². The Morgan fingerprint density at radius 3 is 2.56 bits per heavy atom. The van der Waals surface area contributed by atoms with Gasteiger partial charge in [0.25, 0.3) is 0 Å². The first-order valence-corrected chi connectivity index (χ1v) is 6.08. The fourth-order valence-electron chi connectivity index (χ4n) is 2.64. The second-order valence-electron chi connectivity index (χ2n) is 4.92. The summed E-state index contributed by atoms with van der Waals surface area (Å²) in [6.45, 7) is 0. The van der Waals surface area contributed by atoms with Gasteiger partial charge in [-0.3, -0.25) is 4.68 Å². The Bertz CT molecular complexity index is 415. The lowest BCUT2D eigenvalue weighted by Gasteiger charge is -2.13. The van der Waals surface area contributed by atoms with Crippen molar-refractivity contribution < 1.29 is 9.90 Å². The third kappa shape index (κ3) is 1.62. The van der Waals surface area contributed by atoms with Crippen LogP contribution in [0.2, 0.25) is 0 Å². The number of aromatic nitrogens is 2. The number of hydrogen-bond donors (Lipinski definition) is 1. The maximum absolute atomic E-state index is 10.9. The minimum atomic E-state index is -0.904. The summed E-state index contributed by atoms with van der Waals surface area (Å²) in [5.74, 6) is -0.333. The number of nitrogens with zero attached hydrogens (tertiary/aromatic N) is 2. The van der Waals surface area contributed by atoms with Crippen LogP contribution in [0.1, 0.15) is 66.7 Å². The topological polar surface area (TPSA) is 55.1 Å². The zero-order chi connectivity index (χ0) is 11.1. The van der Waals surface area contributed by atoms with E-state index >= 15 is 0 Å². The number of rotatable bonds is 3. The molecular weight excluding hydrogens is 204 g/mol. The van der Waals surface area contributed by atoms with E-state index in [1.54, 1.807) is 6.07 Å². The van der Waals surface area contributed by atoms with E-state index in [-0.39, 0.29) is 5.69 Å². The Balaban J connectivity index is 1.96. The van der Waals surface area contributed by atoms with Crippen molar-refractivity contribution in [3.63, 3.8) is 0 Å². The fraction of sp³-hybridized carbons (Fsp3) is 0.667. The van der Waals surface area contributed by atoms with Crippen molar-refractivity contribution in [3.8, 4) is 0 Å². The molecule has 0 saturated heterocycles. The van der Waals surface area contributed by atoms with Crippen LogP contribution in [0.15, 0.2) is 6.07 Å². The van der Waals surface area contributed by atoms with Crippen LogP contribution in [0.5, 0.6) is 0 Å². The first kappa shape index (κ1) is 9.87. The molecule has 0 amide bonds. The van der Waals surface area contributed by atoms with Crippen LogP contribution in [-0.4, -0.2) is 20.9 Å². The van der Waals surface area contributed by atoms with Crippen LogP contribution < -0.4 is 0 Å². The van der Waals surface area contributed by atoms with Gasteiger partial charge in [0.05, 0.1) is 6.04 Å². The summed E-state index contributed by atoms with van der Waals surface area (Å²) >= 11 is 0. The van der Waals surface area contributed by atoms with Crippen LogP contribution >= 0.6 is 0 Å². The van der Waals surface area contributed by atoms with Gasteiger partial charge in [-0.15, -0.1) is 0 Å². The zero-order valence-corrected chi connectivity index (χ0v) is 9.22. The van der Waals surface area contributed by atoms with Crippen LogP contribution in [0.25, 0.3) is 0 Å². The molecule has 4 heteroatoms. The van der Waals surface area contributed by atoms with E-state index in [4.69, 9.17) is 5.11 Å². The second-order valence-corrected chi connectivity index (χ2v) is 4.92. The van der Waals surface area contributed by atoms with Crippen molar-refractivity contribution in [2.75, 3.05) is 0 Å². The van der Waals surface area contributed by atoms with Gasteiger partial charge < -0.3 is 5.11 Å². The molecule has 2 aliphatic rings. The monoisotopic (exact) mass is 220 g/mol. The Morgan fingerprint density at radius 1 is 1.31 bits per heavy atom. The molecule has 0 radical (unpaired) electrons. The smallest absolute Gasteiger partial charge is 0.356 e. The highest BCUT2D eigenvalue weighted by atomic mass is 16.4. The molecule has 1 heterocycles. The fourth-order valence-corrected chi connectivity index (χ4v) is 2.64. The highest BCUT2D eigenvalue weighted by Crippen LogP contribution is 2.42. The zero-order valence-electron chi connectivity index (χ0n) is 9.22. The summed E-state index contributed by atoms with van der Waals surface area (Å²) in [6, 6.07) is 2.22. The maximum Gasteiger partial charge on any atom is 0.356 e. The lowest BCUT2D eigenvalue weighted by atomic mass is 10.2. The molecule has 2 fully saturated rings. The quantitative estimate of drug-likeness (QED) is 0.851. The van der Waals surface area contributed by atoms with Gasteiger partial charge in [0.2, 0.25) is 0 Å². The van der Waals surface area contributed by atoms with Gasteiger partial charge >= 0.3 is 5.97 Å². The molecule has 1 N–H and O–H groups in total. The predicted molar refractivity (Wildman–Crippen MR) is 58.7 cm³/mol. The SMILES string of the molecule is O=C(O)c1cc(C2CC2)n(C2CCCC2)n1. The summed E-state index contributed by atoms with van der Waals surface area (Å²) in [7, 11) is 0. The van der Waals surface area contributed by atoms with E-state index in [1.165, 1.54) is 25.7 Å². The average Bonchev–Trinajstić information content (AvgIpc) is 2.83. The van der Waals surface area contributed by atoms with Crippen molar-refractivity contribution in [2.24, 2.45) is 0 Å². The third-order valence-electron chi connectivity index (χ3n) is 3.65. The predicted octanol–water partition coefficient (Wildman–Crippen LogP) is 2.57. The van der Waals surface area contributed by atoms with Crippen molar-refractivity contribution in [2.45, 2.75) is 50.5 Å². The molecule has 86 valence electrons. The molecule has 0 spiro atoms. The van der Waals surface area contributed by atoms with Crippen LogP contribution in [0.3, 0.4) is 0 Å². The van der Waals surface area contributed by atoms with Gasteiger partial charge in [0, 0.05) is 11.6 Å². The molecule has 16 heavy (non-hydrogen) atoms. The number of carbonyl (C=O) groups is 1. The van der Waals surface area contributed by atoms with E-state index in [2.05, 4.69) is 5.10 Å². The minimum absolute atomic E-state index is 0.216. The molecule has 0 unspecified atom stereocenters. The normalized spacial score (nSPS) is 21.5. The molecule has 1 aromatic rings. The number of carboxylic acid groups (broad SMARTS) is 1. The van der Waals surface area contributed by atoms with Gasteiger partial charge in [-0.25, -0.2) is 4.79 Å². The first-order chi connectivity index (χ1) is 7.75. The molecule has 4 nitrogen and oxygen atoms in total. The van der Waals surface area contributed by atoms with Gasteiger partial charge in [-0.2, -0.15) is 5.10 Å². The van der Waals surface area contributed by atoms with Crippen LogP contribution in [-0.2, 0) is 0 Å². The molecular formula is C12H16N2O2. The van der Waals surface area contributed by atoms with Crippen LogP contribution in [0.4, 0.5) is 0 Å². The highest BCUT2D eigenvalue weighted by molar-refractivity contribution is 5.85. The highest BCUT2D eigenvalue weighted by Gasteiger charge is 2.32. The van der Waals surface area contributed by atoms with Gasteiger partial charge in [0.1, 0.15) is 0 Å². The summed E-state index contributed by atoms with van der Waals surface area (Å²) < 4.78 is 2.01. The standard InChI is InChI=1S/C12H16N2O2/c15-12(16)10-7-11(8-5-6-8)14(13-10)9-3-1-2-4-9/h7-9H,1-6H2,(H,15,16). The molecule has 0 aliphatic heterocycles. The molecule has 0 aromatic carbocycles. The van der Waals surface area contributed by atoms with E-state index in [1.807, 2.05) is 4.68 Å². The Labute approximate surface area is 94.3 Å². The second kappa shape index (κ2) is 3.61. The molecule has 3 rings (SSSR count). The van der Waals surface area contributed by atoms with E-state index in [0.29, 0.717) is 12.0 Å². The number of carboxylic acids is 1. The van der Waals surface area contributed by atoms with Crippen LogP contribution in [0, 0.1) is 0 Å². The molecule has 1 aromatic heterocycles. The van der Waals surface area contributed by atoms with Crippen molar-refractivity contribution in [1.29, 1.82) is 0 Å². The van der Waals surface area contributed by atoms with Gasteiger partial charge in [-0.05, 0) is 31.7 Å². The first-order valence-electron chi connectivity index (χ1n) is 6.08. The lowest BCUT2D eigenvalue weighted by Crippen LogP contribution is -2.10. The van der Waals surface area contributed by atoms with Gasteiger partial charge in [0.15, 0.2) is 5.69 Å². The van der Waals surface area contributed by atoms with Crippen molar-refractivity contribution in [1.82, 2.24) is 9.78 Å². The average molecular weight is 220 g/mol. The number of aromatic carboxylic acids is 1. The molecule has 0 atom stereocenters. The largest absolute Gasteiger partial charge is 0.476 e.